The van der Waals surface area contributed by atoms with E-state index < -0.39 is 22.0 Å². The van der Waals surface area contributed by atoms with Crippen molar-refractivity contribution in [2.75, 3.05) is 10.6 Å². The van der Waals surface area contributed by atoms with Crippen LogP contribution >= 0.6 is 11.8 Å². The number of rotatable bonds is 10. The number of thioether (sulfide) groups is 1. The van der Waals surface area contributed by atoms with Gasteiger partial charge in [0.1, 0.15) is 5.70 Å². The van der Waals surface area contributed by atoms with E-state index in [0.29, 0.717) is 11.3 Å². The van der Waals surface area contributed by atoms with Gasteiger partial charge >= 0.3 is 0 Å². The summed E-state index contributed by atoms with van der Waals surface area (Å²) < 4.78 is 0. The van der Waals surface area contributed by atoms with Gasteiger partial charge in [-0.15, -0.1) is 11.8 Å². The maximum atomic E-state index is 13.4. The van der Waals surface area contributed by atoms with Crippen molar-refractivity contribution in [3.05, 3.63) is 148 Å². The average molecular weight is 617 g/mol. The highest BCUT2D eigenvalue weighted by Gasteiger charge is 2.19. The fourth-order valence-electron chi connectivity index (χ4n) is 4.52. The molecule has 224 valence electrons. The molecule has 9 nitrogen and oxygen atoms in total. The Hall–Kier alpha value is -5.74. The predicted molar refractivity (Wildman–Crippen MR) is 178 cm³/mol. The van der Waals surface area contributed by atoms with E-state index in [1.165, 1.54) is 36.0 Å². The number of nitro benzene ring substituents is 1. The Morgan fingerprint density at radius 1 is 0.778 bits per heavy atom. The van der Waals surface area contributed by atoms with E-state index in [1.54, 1.807) is 60.7 Å². The lowest BCUT2D eigenvalue weighted by Crippen LogP contribution is -2.30. The monoisotopic (exact) mass is 616 g/mol. The molecular weight excluding hydrogens is 588 g/mol. The van der Waals surface area contributed by atoms with E-state index in [2.05, 4.69) is 16.0 Å². The summed E-state index contributed by atoms with van der Waals surface area (Å²) in [5, 5.41) is 21.5. The topological polar surface area (TPSA) is 130 Å². The van der Waals surface area contributed by atoms with Crippen LogP contribution in [0.1, 0.15) is 22.8 Å². The number of nitro groups is 1. The zero-order valence-corrected chi connectivity index (χ0v) is 24.9. The minimum atomic E-state index is -0.666. The average Bonchev–Trinajstić information content (AvgIpc) is 3.06. The first kappa shape index (κ1) is 30.7. The van der Waals surface area contributed by atoms with Crippen molar-refractivity contribution in [1.29, 1.82) is 0 Å². The summed E-state index contributed by atoms with van der Waals surface area (Å²) in [6, 6.07) is 34.8. The Morgan fingerprint density at radius 3 is 2.20 bits per heavy atom. The zero-order chi connectivity index (χ0) is 31.8. The van der Waals surface area contributed by atoms with E-state index in [0.717, 1.165) is 21.4 Å². The molecule has 0 saturated heterocycles. The fraction of sp³-hybridized carbons (Fsp3) is 0.0571. The van der Waals surface area contributed by atoms with Crippen molar-refractivity contribution in [2.24, 2.45) is 0 Å². The Balaban J connectivity index is 1.28. The van der Waals surface area contributed by atoms with Crippen molar-refractivity contribution >= 4 is 63.4 Å². The van der Waals surface area contributed by atoms with E-state index >= 15 is 0 Å². The highest BCUT2D eigenvalue weighted by molar-refractivity contribution is 8.00. The molecule has 0 radical (unpaired) electrons. The van der Waals surface area contributed by atoms with Gasteiger partial charge in [0.15, 0.2) is 0 Å². The highest BCUT2D eigenvalue weighted by Crippen LogP contribution is 2.28. The molecule has 1 atom stereocenters. The molecule has 5 aromatic rings. The molecule has 0 heterocycles. The molecule has 3 N–H and O–H groups in total. The first-order valence-electron chi connectivity index (χ1n) is 14.0. The summed E-state index contributed by atoms with van der Waals surface area (Å²) in [5.41, 5.74) is 1.27. The first-order chi connectivity index (χ1) is 21.8. The van der Waals surface area contributed by atoms with Gasteiger partial charge in [-0.05, 0) is 66.9 Å². The number of benzene rings is 5. The lowest BCUT2D eigenvalue weighted by atomic mass is 10.1. The number of amides is 3. The number of carbonyl (C=O) groups excluding carboxylic acids is 3. The van der Waals surface area contributed by atoms with Crippen LogP contribution in [0.15, 0.2) is 132 Å². The molecule has 0 saturated carbocycles. The molecule has 0 aliphatic carbocycles. The van der Waals surface area contributed by atoms with Crippen molar-refractivity contribution in [3.63, 3.8) is 0 Å². The quantitative estimate of drug-likeness (QED) is 0.0654. The maximum absolute atomic E-state index is 13.4. The molecule has 0 bridgehead atoms. The molecule has 5 aromatic carbocycles. The van der Waals surface area contributed by atoms with Gasteiger partial charge in [0, 0.05) is 33.3 Å². The van der Waals surface area contributed by atoms with Gasteiger partial charge in [0.25, 0.3) is 17.5 Å². The van der Waals surface area contributed by atoms with Crippen molar-refractivity contribution in [2.45, 2.75) is 17.1 Å². The number of nitrogens with zero attached hydrogens (tertiary/aromatic N) is 1. The fourth-order valence-corrected chi connectivity index (χ4v) is 5.38. The number of carbonyl (C=O) groups is 3. The lowest BCUT2D eigenvalue weighted by Gasteiger charge is -2.14. The molecule has 10 heteroatoms. The third kappa shape index (κ3) is 7.81. The van der Waals surface area contributed by atoms with Gasteiger partial charge in [0.2, 0.25) is 5.91 Å². The smallest absolute Gasteiger partial charge is 0.276 e. The largest absolute Gasteiger partial charge is 0.325 e. The van der Waals surface area contributed by atoms with Crippen LogP contribution in [0, 0.1) is 10.1 Å². The van der Waals surface area contributed by atoms with E-state index in [9.17, 15) is 24.5 Å². The van der Waals surface area contributed by atoms with Crippen LogP contribution in [0.5, 0.6) is 0 Å². The number of hydrogen-bond acceptors (Lipinski definition) is 6. The van der Waals surface area contributed by atoms with Gasteiger partial charge in [-0.25, -0.2) is 0 Å². The van der Waals surface area contributed by atoms with Crippen molar-refractivity contribution < 1.29 is 19.3 Å². The van der Waals surface area contributed by atoms with Crippen LogP contribution in [0.25, 0.3) is 16.8 Å². The Kier molecular flexibility index (Phi) is 9.66. The molecule has 3 amide bonds. The lowest BCUT2D eigenvalue weighted by molar-refractivity contribution is -0.385. The van der Waals surface area contributed by atoms with Crippen molar-refractivity contribution in [1.82, 2.24) is 5.32 Å². The second kappa shape index (κ2) is 14.2. The normalized spacial score (nSPS) is 11.8. The van der Waals surface area contributed by atoms with Gasteiger partial charge in [-0.3, -0.25) is 24.5 Å². The standard InChI is InChI=1S/C35H28N4O5S/c1-23(33(40)37-30-16-9-14-24-10-5-7-15-29(24)30)45-28-20-18-27(19-21-28)36-35(42)31(38-34(41)25-11-3-2-4-12-25)22-26-13-6-8-17-32(26)39(43)44/h2-23H,1H3,(H,36,42)(H,37,40)(H,38,41)/b31-22-. The predicted octanol–water partition coefficient (Wildman–Crippen LogP) is 7.28. The Bertz CT molecular complexity index is 1900. The van der Waals surface area contributed by atoms with Gasteiger partial charge in [0.05, 0.1) is 15.7 Å². The van der Waals surface area contributed by atoms with Crippen LogP contribution < -0.4 is 16.0 Å². The molecule has 0 aromatic heterocycles. The summed E-state index contributed by atoms with van der Waals surface area (Å²) in [4.78, 5) is 51.1. The number of fused-ring (bicyclic) bond motifs is 1. The zero-order valence-electron chi connectivity index (χ0n) is 24.1. The van der Waals surface area contributed by atoms with Crippen LogP contribution in [0.2, 0.25) is 0 Å². The van der Waals surface area contributed by atoms with Gasteiger partial charge < -0.3 is 16.0 Å². The van der Waals surface area contributed by atoms with Crippen molar-refractivity contribution in [3.8, 4) is 0 Å². The summed E-state index contributed by atoms with van der Waals surface area (Å²) >= 11 is 1.37. The van der Waals surface area contributed by atoms with Crippen LogP contribution in [0.4, 0.5) is 17.1 Å². The van der Waals surface area contributed by atoms with Gasteiger partial charge in [-0.1, -0.05) is 66.7 Å². The molecule has 0 aliphatic rings. The van der Waals surface area contributed by atoms with E-state index in [1.807, 2.05) is 49.4 Å². The minimum absolute atomic E-state index is 0.146. The highest BCUT2D eigenvalue weighted by atomic mass is 32.2. The number of hydrogen-bond donors (Lipinski definition) is 3. The van der Waals surface area contributed by atoms with Gasteiger partial charge in [-0.2, -0.15) is 0 Å². The second-order valence-electron chi connectivity index (χ2n) is 9.95. The second-order valence-corrected chi connectivity index (χ2v) is 11.4. The third-order valence-corrected chi connectivity index (χ3v) is 7.92. The van der Waals surface area contributed by atoms with E-state index in [4.69, 9.17) is 0 Å². The SMILES string of the molecule is CC(Sc1ccc(NC(=O)/C(=C/c2ccccc2[N+](=O)[O-])NC(=O)c2ccccc2)cc1)C(=O)Nc1cccc2ccccc12. The molecule has 0 fully saturated rings. The van der Waals surface area contributed by atoms with Crippen LogP contribution in [0.3, 0.4) is 0 Å². The summed E-state index contributed by atoms with van der Waals surface area (Å²) in [6.07, 6.45) is 1.27. The Labute approximate surface area is 263 Å². The third-order valence-electron chi connectivity index (χ3n) is 6.80. The van der Waals surface area contributed by atoms with Crippen LogP contribution in [-0.4, -0.2) is 27.9 Å². The summed E-state index contributed by atoms with van der Waals surface area (Å²) in [5.74, 6) is -1.36. The maximum Gasteiger partial charge on any atom is 0.276 e. The molecule has 5 rings (SSSR count). The van der Waals surface area contributed by atoms with Crippen LogP contribution in [-0.2, 0) is 9.59 Å². The van der Waals surface area contributed by atoms with E-state index in [-0.39, 0.29) is 22.9 Å². The number of nitrogens with one attached hydrogen (secondary N) is 3. The molecular formula is C35H28N4O5S. The molecule has 0 spiro atoms. The number of anilines is 2. The minimum Gasteiger partial charge on any atom is -0.325 e. The first-order valence-corrected chi connectivity index (χ1v) is 14.8. The molecule has 45 heavy (non-hydrogen) atoms. The Morgan fingerprint density at radius 2 is 1.44 bits per heavy atom. The number of para-hydroxylation sites is 1. The molecule has 0 aliphatic heterocycles. The molecule has 1 unspecified atom stereocenters. The summed E-state index contributed by atoms with van der Waals surface area (Å²) in [6.45, 7) is 1.82. The summed E-state index contributed by atoms with van der Waals surface area (Å²) in [7, 11) is 0.